The normalized spacial score (nSPS) is 23.8. The average molecular weight is 309 g/mol. The molecule has 0 nitrogen and oxygen atoms in total. The van der Waals surface area contributed by atoms with Crippen molar-refractivity contribution in [2.24, 2.45) is 5.92 Å². The number of rotatable bonds is 3. The summed E-state index contributed by atoms with van der Waals surface area (Å²) in [5, 5.41) is -0.160. The van der Waals surface area contributed by atoms with Crippen molar-refractivity contribution in [1.82, 2.24) is 0 Å². The van der Waals surface area contributed by atoms with Crippen LogP contribution in [0.25, 0.3) is 0 Å². The number of hydrogen-bond acceptors (Lipinski definition) is 1. The first-order valence-electron chi connectivity index (χ1n) is 6.40. The first-order valence-corrected chi connectivity index (χ1v) is 7.82. The van der Waals surface area contributed by atoms with Gasteiger partial charge in [-0.1, -0.05) is 36.0 Å². The Kier molecular flexibility index (Phi) is 5.07. The van der Waals surface area contributed by atoms with Gasteiger partial charge in [-0.05, 0) is 42.7 Å². The first-order chi connectivity index (χ1) is 8.97. The summed E-state index contributed by atoms with van der Waals surface area (Å²) in [5.41, 5.74) is -1.79. The van der Waals surface area contributed by atoms with E-state index in [1.807, 2.05) is 18.2 Å². The van der Waals surface area contributed by atoms with E-state index >= 15 is 0 Å². The van der Waals surface area contributed by atoms with Gasteiger partial charge in [-0.15, -0.1) is 11.6 Å². The highest BCUT2D eigenvalue weighted by molar-refractivity contribution is 8.00. The van der Waals surface area contributed by atoms with E-state index in [0.29, 0.717) is 6.42 Å². The van der Waals surface area contributed by atoms with E-state index in [4.69, 9.17) is 11.6 Å². The molecule has 2 unspecified atom stereocenters. The summed E-state index contributed by atoms with van der Waals surface area (Å²) < 4.78 is 36.5. The molecule has 0 saturated heterocycles. The van der Waals surface area contributed by atoms with Crippen molar-refractivity contribution in [3.05, 3.63) is 35.4 Å². The Balaban J connectivity index is 1.99. The molecule has 0 fully saturated rings. The number of halogens is 4. The molecule has 2 atom stereocenters. The van der Waals surface area contributed by atoms with Gasteiger partial charge in [-0.25, -0.2) is 0 Å². The molecular formula is C14H16ClF3S. The van der Waals surface area contributed by atoms with Gasteiger partial charge in [0.15, 0.2) is 0 Å². The van der Waals surface area contributed by atoms with Crippen LogP contribution in [0, 0.1) is 5.92 Å². The molecule has 0 N–H and O–H groups in total. The first kappa shape index (κ1) is 15.0. The second-order valence-electron chi connectivity index (χ2n) is 4.84. The SMILES string of the molecule is FC(F)(F)SCCC1CCCc2ccccc2C1Cl. The minimum absolute atomic E-state index is 0.0587. The summed E-state index contributed by atoms with van der Waals surface area (Å²) in [5.74, 6) is 0.236. The van der Waals surface area contributed by atoms with Crippen LogP contribution in [0.5, 0.6) is 0 Å². The van der Waals surface area contributed by atoms with E-state index in [-0.39, 0.29) is 28.8 Å². The second kappa shape index (κ2) is 6.40. The fraction of sp³-hybridized carbons (Fsp3) is 0.571. The summed E-state index contributed by atoms with van der Waals surface area (Å²) in [6, 6.07) is 8.00. The molecule has 19 heavy (non-hydrogen) atoms. The van der Waals surface area contributed by atoms with Gasteiger partial charge in [0.25, 0.3) is 0 Å². The highest BCUT2D eigenvalue weighted by atomic mass is 35.5. The van der Waals surface area contributed by atoms with Crippen molar-refractivity contribution in [1.29, 1.82) is 0 Å². The fourth-order valence-electron chi connectivity index (χ4n) is 2.60. The van der Waals surface area contributed by atoms with Crippen molar-refractivity contribution in [2.75, 3.05) is 5.75 Å². The number of aryl methyl sites for hydroxylation is 1. The van der Waals surface area contributed by atoms with Crippen molar-refractivity contribution in [3.8, 4) is 0 Å². The lowest BCUT2D eigenvalue weighted by Crippen LogP contribution is -2.10. The summed E-state index contributed by atoms with van der Waals surface area (Å²) in [6.45, 7) is 0. The zero-order valence-corrected chi connectivity index (χ0v) is 12.0. The third-order valence-corrected chi connectivity index (χ3v) is 4.90. The summed E-state index contributed by atoms with van der Waals surface area (Å²) in [6.07, 6.45) is 3.40. The molecule has 5 heteroatoms. The Morgan fingerprint density at radius 1 is 1.26 bits per heavy atom. The van der Waals surface area contributed by atoms with E-state index in [2.05, 4.69) is 6.07 Å². The van der Waals surface area contributed by atoms with Gasteiger partial charge in [0.1, 0.15) is 0 Å². The average Bonchev–Trinajstić information content (AvgIpc) is 2.49. The van der Waals surface area contributed by atoms with E-state index < -0.39 is 5.51 Å². The molecule has 106 valence electrons. The molecule has 1 aliphatic rings. The van der Waals surface area contributed by atoms with E-state index in [9.17, 15) is 13.2 Å². The maximum Gasteiger partial charge on any atom is 0.441 e. The van der Waals surface area contributed by atoms with E-state index in [0.717, 1.165) is 24.8 Å². The van der Waals surface area contributed by atoms with Gasteiger partial charge in [-0.2, -0.15) is 13.2 Å². The largest absolute Gasteiger partial charge is 0.441 e. The van der Waals surface area contributed by atoms with Gasteiger partial charge in [0.05, 0.1) is 5.38 Å². The van der Waals surface area contributed by atoms with Crippen LogP contribution in [-0.2, 0) is 6.42 Å². The molecular weight excluding hydrogens is 293 g/mol. The van der Waals surface area contributed by atoms with Crippen molar-refractivity contribution < 1.29 is 13.2 Å². The lowest BCUT2D eigenvalue weighted by Gasteiger charge is -2.21. The predicted molar refractivity (Wildman–Crippen MR) is 74.6 cm³/mol. The number of alkyl halides is 4. The molecule has 0 spiro atoms. The smallest absolute Gasteiger partial charge is 0.160 e. The van der Waals surface area contributed by atoms with Gasteiger partial charge >= 0.3 is 5.51 Å². The highest BCUT2D eigenvalue weighted by Gasteiger charge is 2.30. The summed E-state index contributed by atoms with van der Waals surface area (Å²) in [7, 11) is 0. The van der Waals surface area contributed by atoms with Gasteiger partial charge in [-0.3, -0.25) is 0 Å². The van der Waals surface area contributed by atoms with Gasteiger partial charge < -0.3 is 0 Å². The fourth-order valence-corrected chi connectivity index (χ4v) is 3.72. The van der Waals surface area contributed by atoms with Crippen LogP contribution >= 0.6 is 23.4 Å². The Labute approximate surface area is 120 Å². The predicted octanol–water partition coefficient (Wildman–Crippen LogP) is 5.56. The maximum absolute atomic E-state index is 12.2. The summed E-state index contributed by atoms with van der Waals surface area (Å²) in [4.78, 5) is 0. The monoisotopic (exact) mass is 308 g/mol. The third kappa shape index (κ3) is 4.32. The zero-order chi connectivity index (χ0) is 13.9. The quantitative estimate of drug-likeness (QED) is 0.520. The second-order valence-corrected chi connectivity index (χ2v) is 6.47. The van der Waals surface area contributed by atoms with Crippen LogP contribution < -0.4 is 0 Å². The minimum atomic E-state index is -4.13. The van der Waals surface area contributed by atoms with Crippen LogP contribution in [0.2, 0.25) is 0 Å². The molecule has 0 amide bonds. The number of fused-ring (bicyclic) bond motifs is 1. The molecule has 0 heterocycles. The highest BCUT2D eigenvalue weighted by Crippen LogP contribution is 2.41. The molecule has 0 aromatic heterocycles. The molecule has 0 radical (unpaired) electrons. The molecule has 0 aliphatic heterocycles. The van der Waals surface area contributed by atoms with E-state index in [1.165, 1.54) is 5.56 Å². The van der Waals surface area contributed by atoms with Crippen LogP contribution in [0.15, 0.2) is 24.3 Å². The Bertz CT molecular complexity index is 419. The topological polar surface area (TPSA) is 0 Å². The number of hydrogen-bond donors (Lipinski definition) is 0. The zero-order valence-electron chi connectivity index (χ0n) is 10.4. The summed E-state index contributed by atoms with van der Waals surface area (Å²) >= 11 is 6.54. The van der Waals surface area contributed by atoms with Crippen molar-refractivity contribution >= 4 is 23.4 Å². The maximum atomic E-state index is 12.2. The number of benzene rings is 1. The van der Waals surface area contributed by atoms with Gasteiger partial charge in [0, 0.05) is 5.75 Å². The molecule has 0 bridgehead atoms. The Hall–Kier alpha value is -0.350. The molecule has 2 rings (SSSR count). The standard InChI is InChI=1S/C14H16ClF3S/c15-13-11(8-9-19-14(16,17)18)6-3-5-10-4-1-2-7-12(10)13/h1-2,4,7,11,13H,3,5-6,8-9H2. The van der Waals surface area contributed by atoms with Crippen molar-refractivity contribution in [2.45, 2.75) is 36.6 Å². The molecule has 0 saturated carbocycles. The lowest BCUT2D eigenvalue weighted by atomic mass is 9.94. The molecule has 1 aromatic carbocycles. The number of thioether (sulfide) groups is 1. The van der Waals surface area contributed by atoms with Crippen LogP contribution in [0.4, 0.5) is 13.2 Å². The molecule has 1 aliphatic carbocycles. The van der Waals surface area contributed by atoms with Crippen LogP contribution in [0.1, 0.15) is 35.8 Å². The minimum Gasteiger partial charge on any atom is -0.160 e. The molecule has 1 aromatic rings. The van der Waals surface area contributed by atoms with E-state index in [1.54, 1.807) is 0 Å². The third-order valence-electron chi connectivity index (χ3n) is 3.54. The Morgan fingerprint density at radius 3 is 2.74 bits per heavy atom. The van der Waals surface area contributed by atoms with Crippen LogP contribution in [0.3, 0.4) is 0 Å². The lowest BCUT2D eigenvalue weighted by molar-refractivity contribution is -0.0328. The van der Waals surface area contributed by atoms with Crippen LogP contribution in [-0.4, -0.2) is 11.3 Å². The van der Waals surface area contributed by atoms with Gasteiger partial charge in [0.2, 0.25) is 0 Å². The van der Waals surface area contributed by atoms with Crippen molar-refractivity contribution in [3.63, 3.8) is 0 Å². The Morgan fingerprint density at radius 2 is 2.00 bits per heavy atom.